The number of benzene rings is 1. The Bertz CT molecular complexity index is 525. The van der Waals surface area contributed by atoms with Crippen LogP contribution in [0.3, 0.4) is 0 Å². The molecule has 0 amide bonds. The summed E-state index contributed by atoms with van der Waals surface area (Å²) in [4.78, 5) is 0. The summed E-state index contributed by atoms with van der Waals surface area (Å²) in [7, 11) is 0. The standard InChI is InChI=1S/C12H12Cl2N2O/c13-8-2-1-7(5-9(8)14)11-3-4-12(17-11)10(16)6-15/h1-5,10H,6,15-16H2. The highest BCUT2D eigenvalue weighted by Gasteiger charge is 2.11. The summed E-state index contributed by atoms with van der Waals surface area (Å²) in [6.07, 6.45) is 0. The third kappa shape index (κ3) is 2.64. The van der Waals surface area contributed by atoms with E-state index in [-0.39, 0.29) is 6.04 Å². The van der Waals surface area contributed by atoms with Crippen LogP contribution >= 0.6 is 23.2 Å². The normalized spacial score (nSPS) is 12.7. The van der Waals surface area contributed by atoms with Gasteiger partial charge in [0.2, 0.25) is 0 Å². The van der Waals surface area contributed by atoms with Gasteiger partial charge in [-0.3, -0.25) is 0 Å². The van der Waals surface area contributed by atoms with Gasteiger partial charge in [-0.25, -0.2) is 0 Å². The highest BCUT2D eigenvalue weighted by atomic mass is 35.5. The van der Waals surface area contributed by atoms with Gasteiger partial charge in [-0.15, -0.1) is 0 Å². The quantitative estimate of drug-likeness (QED) is 0.900. The zero-order chi connectivity index (χ0) is 12.4. The average molecular weight is 271 g/mol. The Labute approximate surface area is 109 Å². The first-order valence-electron chi connectivity index (χ1n) is 5.12. The van der Waals surface area contributed by atoms with Crippen LogP contribution in [0.1, 0.15) is 11.8 Å². The molecule has 5 heteroatoms. The maximum atomic E-state index is 5.94. The van der Waals surface area contributed by atoms with Crippen molar-refractivity contribution in [2.24, 2.45) is 11.5 Å². The van der Waals surface area contributed by atoms with E-state index < -0.39 is 0 Å². The number of hydrogen-bond acceptors (Lipinski definition) is 3. The molecule has 1 unspecified atom stereocenters. The van der Waals surface area contributed by atoms with E-state index in [0.717, 1.165) is 5.56 Å². The maximum absolute atomic E-state index is 5.94. The SMILES string of the molecule is NCC(N)c1ccc(-c2ccc(Cl)c(Cl)c2)o1. The van der Waals surface area contributed by atoms with Crippen molar-refractivity contribution in [3.63, 3.8) is 0 Å². The lowest BCUT2D eigenvalue weighted by atomic mass is 10.2. The lowest BCUT2D eigenvalue weighted by molar-refractivity contribution is 0.480. The maximum Gasteiger partial charge on any atom is 0.134 e. The van der Waals surface area contributed by atoms with Gasteiger partial charge in [0, 0.05) is 12.1 Å². The number of rotatable bonds is 3. The van der Waals surface area contributed by atoms with Crippen LogP contribution in [0.25, 0.3) is 11.3 Å². The van der Waals surface area contributed by atoms with Gasteiger partial charge < -0.3 is 15.9 Å². The van der Waals surface area contributed by atoms with Crippen molar-refractivity contribution in [3.05, 3.63) is 46.1 Å². The van der Waals surface area contributed by atoms with Crippen LogP contribution in [-0.4, -0.2) is 6.54 Å². The molecule has 4 N–H and O–H groups in total. The molecule has 0 aliphatic rings. The Morgan fingerprint density at radius 2 is 1.88 bits per heavy atom. The molecule has 17 heavy (non-hydrogen) atoms. The highest BCUT2D eigenvalue weighted by Crippen LogP contribution is 2.30. The summed E-state index contributed by atoms with van der Waals surface area (Å²) in [5, 5.41) is 1.01. The van der Waals surface area contributed by atoms with Crippen molar-refractivity contribution >= 4 is 23.2 Å². The molecule has 0 saturated carbocycles. The minimum Gasteiger partial charge on any atom is -0.459 e. The fourth-order valence-electron chi connectivity index (χ4n) is 1.47. The Morgan fingerprint density at radius 1 is 1.12 bits per heavy atom. The minimum atomic E-state index is -0.286. The molecule has 2 rings (SSSR count). The molecule has 1 heterocycles. The smallest absolute Gasteiger partial charge is 0.134 e. The predicted octanol–water partition coefficient (Wildman–Crippen LogP) is 3.21. The minimum absolute atomic E-state index is 0.286. The van der Waals surface area contributed by atoms with E-state index in [0.29, 0.717) is 28.1 Å². The fourth-order valence-corrected chi connectivity index (χ4v) is 1.77. The fraction of sp³-hybridized carbons (Fsp3) is 0.167. The molecule has 0 radical (unpaired) electrons. The van der Waals surface area contributed by atoms with Gasteiger partial charge in [0.05, 0.1) is 16.1 Å². The van der Waals surface area contributed by atoms with Crippen molar-refractivity contribution in [3.8, 4) is 11.3 Å². The van der Waals surface area contributed by atoms with E-state index >= 15 is 0 Å². The van der Waals surface area contributed by atoms with E-state index in [1.165, 1.54) is 0 Å². The highest BCUT2D eigenvalue weighted by molar-refractivity contribution is 6.42. The second kappa shape index (κ2) is 5.10. The van der Waals surface area contributed by atoms with E-state index in [2.05, 4.69) is 0 Å². The van der Waals surface area contributed by atoms with Crippen molar-refractivity contribution in [2.75, 3.05) is 6.54 Å². The molecule has 3 nitrogen and oxygen atoms in total. The molecule has 0 fully saturated rings. The van der Waals surface area contributed by atoms with Crippen LogP contribution in [0.15, 0.2) is 34.7 Å². The van der Waals surface area contributed by atoms with Gasteiger partial charge in [0.15, 0.2) is 0 Å². The molecular formula is C12H12Cl2N2O. The molecule has 1 atom stereocenters. The topological polar surface area (TPSA) is 65.2 Å². The molecule has 90 valence electrons. The first kappa shape index (κ1) is 12.5. The number of halogens is 2. The average Bonchev–Trinajstić information content (AvgIpc) is 2.81. The van der Waals surface area contributed by atoms with Crippen LogP contribution in [0.5, 0.6) is 0 Å². The van der Waals surface area contributed by atoms with Crippen molar-refractivity contribution in [1.29, 1.82) is 0 Å². The van der Waals surface area contributed by atoms with E-state index in [4.69, 9.17) is 39.1 Å². The number of hydrogen-bond donors (Lipinski definition) is 2. The Balaban J connectivity index is 2.33. The van der Waals surface area contributed by atoms with Gasteiger partial charge >= 0.3 is 0 Å². The number of nitrogens with two attached hydrogens (primary N) is 2. The summed E-state index contributed by atoms with van der Waals surface area (Å²) in [5.41, 5.74) is 12.1. The van der Waals surface area contributed by atoms with Crippen molar-refractivity contribution in [1.82, 2.24) is 0 Å². The molecule has 1 aromatic heterocycles. The van der Waals surface area contributed by atoms with E-state index in [1.807, 2.05) is 18.2 Å². The van der Waals surface area contributed by atoms with E-state index in [9.17, 15) is 0 Å². The monoisotopic (exact) mass is 270 g/mol. The van der Waals surface area contributed by atoms with Crippen molar-refractivity contribution in [2.45, 2.75) is 6.04 Å². The zero-order valence-electron chi connectivity index (χ0n) is 8.99. The number of furan rings is 1. The van der Waals surface area contributed by atoms with Gasteiger partial charge in [-0.05, 0) is 30.3 Å². The van der Waals surface area contributed by atoms with Crippen LogP contribution in [0, 0.1) is 0 Å². The predicted molar refractivity (Wildman–Crippen MR) is 70.1 cm³/mol. The molecule has 1 aromatic carbocycles. The second-order valence-electron chi connectivity index (χ2n) is 3.67. The third-order valence-corrected chi connectivity index (χ3v) is 3.19. The lowest BCUT2D eigenvalue weighted by Crippen LogP contribution is -2.19. The molecule has 0 spiro atoms. The largest absolute Gasteiger partial charge is 0.459 e. The summed E-state index contributed by atoms with van der Waals surface area (Å²) >= 11 is 11.8. The Kier molecular flexibility index (Phi) is 3.74. The van der Waals surface area contributed by atoms with Gasteiger partial charge in [0.25, 0.3) is 0 Å². The Hall–Kier alpha value is -1.00. The third-order valence-electron chi connectivity index (χ3n) is 2.45. The van der Waals surface area contributed by atoms with Crippen LogP contribution < -0.4 is 11.5 Å². The first-order valence-corrected chi connectivity index (χ1v) is 5.88. The second-order valence-corrected chi connectivity index (χ2v) is 4.49. The van der Waals surface area contributed by atoms with Crippen LogP contribution in [-0.2, 0) is 0 Å². The zero-order valence-corrected chi connectivity index (χ0v) is 10.5. The molecular weight excluding hydrogens is 259 g/mol. The van der Waals surface area contributed by atoms with Gasteiger partial charge in [-0.1, -0.05) is 23.2 Å². The molecule has 0 aliphatic heterocycles. The molecule has 0 aliphatic carbocycles. The van der Waals surface area contributed by atoms with Gasteiger partial charge in [0.1, 0.15) is 11.5 Å². The van der Waals surface area contributed by atoms with Crippen LogP contribution in [0.4, 0.5) is 0 Å². The van der Waals surface area contributed by atoms with E-state index in [1.54, 1.807) is 12.1 Å². The summed E-state index contributed by atoms with van der Waals surface area (Å²) in [6, 6.07) is 8.68. The van der Waals surface area contributed by atoms with Crippen molar-refractivity contribution < 1.29 is 4.42 Å². The first-order chi connectivity index (χ1) is 8.11. The van der Waals surface area contributed by atoms with Gasteiger partial charge in [-0.2, -0.15) is 0 Å². The summed E-state index contributed by atoms with van der Waals surface area (Å²) in [5.74, 6) is 1.36. The molecule has 0 bridgehead atoms. The van der Waals surface area contributed by atoms with Crippen LogP contribution in [0.2, 0.25) is 10.0 Å². The molecule has 0 saturated heterocycles. The summed E-state index contributed by atoms with van der Waals surface area (Å²) < 4.78 is 5.61. The summed E-state index contributed by atoms with van der Waals surface area (Å²) in [6.45, 7) is 0.342. The Morgan fingerprint density at radius 3 is 2.53 bits per heavy atom. The molecule has 2 aromatic rings. The lowest BCUT2D eigenvalue weighted by Gasteiger charge is -2.04.